The van der Waals surface area contributed by atoms with Gasteiger partial charge in [0.2, 0.25) is 0 Å². The molecule has 9 nitrogen and oxygen atoms in total. The van der Waals surface area contributed by atoms with Gasteiger partial charge in [-0.3, -0.25) is 14.2 Å². The average Bonchev–Trinajstić information content (AvgIpc) is 2.70. The smallest absolute Gasteiger partial charge is 0.268 e. The second-order valence-electron chi connectivity index (χ2n) is 6.59. The van der Waals surface area contributed by atoms with Gasteiger partial charge in [0.05, 0.1) is 23.7 Å². The van der Waals surface area contributed by atoms with E-state index in [-0.39, 0.29) is 23.7 Å². The summed E-state index contributed by atoms with van der Waals surface area (Å²) in [5.41, 5.74) is -0.0419. The van der Waals surface area contributed by atoms with Gasteiger partial charge in [-0.05, 0) is 32.0 Å². The number of carbonyl (C=O) groups is 2. The Hall–Kier alpha value is -3.75. The molecular formula is C20H20N4O5. The molecule has 9 heteroatoms. The van der Waals surface area contributed by atoms with Crippen molar-refractivity contribution in [2.45, 2.75) is 20.0 Å². The summed E-state index contributed by atoms with van der Waals surface area (Å²) in [6, 6.07) is 8.76. The molecule has 0 bridgehead atoms. The molecule has 3 aromatic rings. The van der Waals surface area contributed by atoms with E-state index in [0.29, 0.717) is 23.3 Å². The van der Waals surface area contributed by atoms with E-state index in [1.54, 1.807) is 12.1 Å². The third-order valence-electron chi connectivity index (χ3n) is 4.20. The second kappa shape index (κ2) is 8.09. The van der Waals surface area contributed by atoms with E-state index in [9.17, 15) is 19.5 Å². The van der Waals surface area contributed by atoms with Crippen molar-refractivity contribution in [3.05, 3.63) is 46.2 Å². The highest BCUT2D eigenvalue weighted by atomic mass is 16.5. The van der Waals surface area contributed by atoms with Gasteiger partial charge in [0.1, 0.15) is 23.3 Å². The first-order chi connectivity index (χ1) is 13.8. The minimum Gasteiger partial charge on any atom is -0.506 e. The van der Waals surface area contributed by atoms with E-state index < -0.39 is 22.8 Å². The molecule has 1 aromatic carbocycles. The van der Waals surface area contributed by atoms with E-state index in [0.717, 1.165) is 4.57 Å². The maximum atomic E-state index is 12.5. The van der Waals surface area contributed by atoms with Gasteiger partial charge in [0.15, 0.2) is 5.65 Å². The highest BCUT2D eigenvalue weighted by Gasteiger charge is 2.23. The summed E-state index contributed by atoms with van der Waals surface area (Å²) in [6.45, 7) is 3.52. The first-order valence-corrected chi connectivity index (χ1v) is 8.92. The van der Waals surface area contributed by atoms with Crippen LogP contribution < -0.4 is 15.6 Å². The predicted octanol–water partition coefficient (Wildman–Crippen LogP) is 1.42. The molecule has 0 aliphatic rings. The number of aryl methyl sites for hydroxylation is 1. The SMILES string of the molecule is CC(C)Oc1ccccc1-c1cc2c(O)c(C(=O)NCC=O)c(=O)n(C)c2nn1. The normalized spacial score (nSPS) is 10.9. The fourth-order valence-electron chi connectivity index (χ4n) is 2.90. The van der Waals surface area contributed by atoms with Crippen LogP contribution in [0.25, 0.3) is 22.3 Å². The van der Waals surface area contributed by atoms with Gasteiger partial charge in [0, 0.05) is 12.6 Å². The van der Waals surface area contributed by atoms with Crippen LogP contribution in [0.4, 0.5) is 0 Å². The molecule has 0 spiro atoms. The highest BCUT2D eigenvalue weighted by molar-refractivity contribution is 6.02. The van der Waals surface area contributed by atoms with Crippen LogP contribution in [0.3, 0.4) is 0 Å². The topological polar surface area (TPSA) is 123 Å². The number of nitrogens with zero attached hydrogens (tertiary/aromatic N) is 3. The maximum Gasteiger partial charge on any atom is 0.268 e. The number of rotatable bonds is 6. The summed E-state index contributed by atoms with van der Waals surface area (Å²) < 4.78 is 6.93. The van der Waals surface area contributed by atoms with Crippen LogP contribution in [0.15, 0.2) is 35.1 Å². The Morgan fingerprint density at radius 2 is 2.03 bits per heavy atom. The molecule has 0 fully saturated rings. The summed E-state index contributed by atoms with van der Waals surface area (Å²) in [7, 11) is 1.42. The van der Waals surface area contributed by atoms with Gasteiger partial charge in [-0.15, -0.1) is 10.2 Å². The van der Waals surface area contributed by atoms with Crippen LogP contribution in [0.2, 0.25) is 0 Å². The van der Waals surface area contributed by atoms with Crippen LogP contribution in [0.1, 0.15) is 24.2 Å². The maximum absolute atomic E-state index is 12.5. The van der Waals surface area contributed by atoms with E-state index in [2.05, 4.69) is 15.5 Å². The van der Waals surface area contributed by atoms with Crippen molar-refractivity contribution in [2.24, 2.45) is 7.05 Å². The molecule has 29 heavy (non-hydrogen) atoms. The Bertz CT molecular complexity index is 1150. The van der Waals surface area contributed by atoms with Gasteiger partial charge < -0.3 is 20.0 Å². The highest BCUT2D eigenvalue weighted by Crippen LogP contribution is 2.32. The van der Waals surface area contributed by atoms with Gasteiger partial charge in [-0.25, -0.2) is 0 Å². The Morgan fingerprint density at radius 3 is 2.72 bits per heavy atom. The van der Waals surface area contributed by atoms with Gasteiger partial charge in [-0.1, -0.05) is 12.1 Å². The lowest BCUT2D eigenvalue weighted by Crippen LogP contribution is -2.33. The fourth-order valence-corrected chi connectivity index (χ4v) is 2.90. The number of aromatic nitrogens is 3. The van der Waals surface area contributed by atoms with E-state index in [4.69, 9.17) is 4.74 Å². The minimum absolute atomic E-state index is 0.0630. The molecule has 150 valence electrons. The van der Waals surface area contributed by atoms with Crippen molar-refractivity contribution in [3.63, 3.8) is 0 Å². The fraction of sp³-hybridized carbons (Fsp3) is 0.250. The molecule has 0 saturated carbocycles. The Morgan fingerprint density at radius 1 is 1.31 bits per heavy atom. The Labute approximate surface area is 166 Å². The summed E-state index contributed by atoms with van der Waals surface area (Å²) >= 11 is 0. The molecule has 2 N–H and O–H groups in total. The second-order valence-corrected chi connectivity index (χ2v) is 6.59. The zero-order chi connectivity index (χ0) is 21.1. The molecule has 0 radical (unpaired) electrons. The monoisotopic (exact) mass is 396 g/mol. The summed E-state index contributed by atoms with van der Waals surface area (Å²) in [4.78, 5) is 35.3. The van der Waals surface area contributed by atoms with Gasteiger partial charge >= 0.3 is 0 Å². The zero-order valence-electron chi connectivity index (χ0n) is 16.2. The number of pyridine rings is 1. The number of fused-ring (bicyclic) bond motifs is 1. The quantitative estimate of drug-likeness (QED) is 0.604. The van der Waals surface area contributed by atoms with Crippen LogP contribution in [0.5, 0.6) is 11.5 Å². The average molecular weight is 396 g/mol. The van der Waals surface area contributed by atoms with Crippen LogP contribution in [0, 0.1) is 0 Å². The van der Waals surface area contributed by atoms with Crippen LogP contribution in [-0.4, -0.2) is 44.7 Å². The standard InChI is InChI=1S/C20H20N4O5/c1-11(2)29-15-7-5-4-6-12(15)14-10-13-17(26)16(19(27)21-8-9-25)20(28)24(3)18(13)23-22-14/h4-7,9-11,26H,8H2,1-3H3,(H,21,27). The molecule has 0 aliphatic carbocycles. The molecule has 0 aliphatic heterocycles. The summed E-state index contributed by atoms with van der Waals surface area (Å²) in [6.07, 6.45) is 0.419. The first kappa shape index (κ1) is 20.0. The molecule has 0 unspecified atom stereocenters. The molecule has 3 rings (SSSR count). The molecule has 0 saturated heterocycles. The van der Waals surface area contributed by atoms with Crippen molar-refractivity contribution < 1.29 is 19.4 Å². The Kier molecular flexibility index (Phi) is 5.58. The number of amides is 1. The Balaban J connectivity index is 2.22. The lowest BCUT2D eigenvalue weighted by atomic mass is 10.1. The number of aldehydes is 1. The van der Waals surface area contributed by atoms with Crippen LogP contribution >= 0.6 is 0 Å². The van der Waals surface area contributed by atoms with Crippen molar-refractivity contribution in [2.75, 3.05) is 6.54 Å². The largest absolute Gasteiger partial charge is 0.506 e. The van der Waals surface area contributed by atoms with Crippen molar-refractivity contribution in [3.8, 4) is 22.8 Å². The summed E-state index contributed by atoms with van der Waals surface area (Å²) in [5.74, 6) is -0.784. The molecule has 1 amide bonds. The first-order valence-electron chi connectivity index (χ1n) is 8.92. The number of aromatic hydroxyl groups is 1. The predicted molar refractivity (Wildman–Crippen MR) is 106 cm³/mol. The van der Waals surface area contributed by atoms with Crippen molar-refractivity contribution >= 4 is 23.2 Å². The van der Waals surface area contributed by atoms with E-state index in [1.807, 2.05) is 26.0 Å². The zero-order valence-corrected chi connectivity index (χ0v) is 16.2. The van der Waals surface area contributed by atoms with Crippen molar-refractivity contribution in [1.82, 2.24) is 20.1 Å². The lowest BCUT2D eigenvalue weighted by molar-refractivity contribution is -0.107. The van der Waals surface area contributed by atoms with Crippen LogP contribution in [-0.2, 0) is 11.8 Å². The molecule has 0 atom stereocenters. The van der Waals surface area contributed by atoms with E-state index >= 15 is 0 Å². The van der Waals surface area contributed by atoms with Gasteiger partial charge in [-0.2, -0.15) is 0 Å². The third kappa shape index (κ3) is 3.79. The third-order valence-corrected chi connectivity index (χ3v) is 4.20. The van der Waals surface area contributed by atoms with Crippen molar-refractivity contribution in [1.29, 1.82) is 0 Å². The minimum atomic E-state index is -0.848. The molecular weight excluding hydrogens is 376 g/mol. The lowest BCUT2D eigenvalue weighted by Gasteiger charge is -2.15. The summed E-state index contributed by atoms with van der Waals surface area (Å²) in [5, 5.41) is 21.3. The number of hydrogen-bond donors (Lipinski definition) is 2. The van der Waals surface area contributed by atoms with Gasteiger partial charge in [0.25, 0.3) is 11.5 Å². The number of benzene rings is 1. The number of ether oxygens (including phenoxy) is 1. The number of para-hydroxylation sites is 1. The number of nitrogens with one attached hydrogen (secondary N) is 1. The molecule has 2 heterocycles. The molecule has 2 aromatic heterocycles. The number of hydrogen-bond acceptors (Lipinski definition) is 7. The van der Waals surface area contributed by atoms with E-state index in [1.165, 1.54) is 13.1 Å². The number of carbonyl (C=O) groups excluding carboxylic acids is 2.